The van der Waals surface area contributed by atoms with Crippen LogP contribution in [0.5, 0.6) is 0 Å². The van der Waals surface area contributed by atoms with Crippen molar-refractivity contribution in [3.05, 3.63) is 76.5 Å². The third-order valence-corrected chi connectivity index (χ3v) is 8.60. The van der Waals surface area contributed by atoms with Crippen molar-refractivity contribution in [2.45, 2.75) is 38.1 Å². The number of carbonyl (C=O) groups is 2. The Balaban J connectivity index is 1.16. The molecule has 2 amide bonds. The number of rotatable bonds is 6. The number of benzene rings is 2. The third kappa shape index (κ3) is 5.13. The minimum atomic E-state index is -0.112. The second-order valence-electron chi connectivity index (χ2n) is 11.6. The van der Waals surface area contributed by atoms with Gasteiger partial charge in [0.25, 0.3) is 11.8 Å². The van der Waals surface area contributed by atoms with Crippen LogP contribution in [0.4, 0.5) is 0 Å². The van der Waals surface area contributed by atoms with Gasteiger partial charge in [0.1, 0.15) is 5.70 Å². The van der Waals surface area contributed by atoms with E-state index in [1.54, 1.807) is 21.9 Å². The topological polar surface area (TPSA) is 104 Å². The van der Waals surface area contributed by atoms with Crippen molar-refractivity contribution in [2.75, 3.05) is 32.7 Å². The second kappa shape index (κ2) is 10.4. The number of aromatic nitrogens is 1. The van der Waals surface area contributed by atoms with E-state index in [9.17, 15) is 9.59 Å². The molecule has 9 heteroatoms. The number of hydrogen-bond acceptors (Lipinski definition) is 6. The molecule has 3 aliphatic rings. The fraction of sp³-hybridized carbons (Fsp3) is 0.387. The Morgan fingerprint density at radius 1 is 0.975 bits per heavy atom. The largest absolute Gasteiger partial charge is 0.335 e. The lowest BCUT2D eigenvalue weighted by Crippen LogP contribution is -2.50. The lowest BCUT2D eigenvalue weighted by atomic mass is 9.84. The Kier molecular flexibility index (Phi) is 6.92. The van der Waals surface area contributed by atoms with E-state index in [2.05, 4.69) is 36.2 Å². The van der Waals surface area contributed by atoms with Gasteiger partial charge in [0.2, 0.25) is 0 Å². The van der Waals surface area contributed by atoms with Crippen LogP contribution in [-0.4, -0.2) is 65.4 Å². The number of azo groups is 1. The Morgan fingerprint density at radius 2 is 1.65 bits per heavy atom. The molecule has 0 bridgehead atoms. The summed E-state index contributed by atoms with van der Waals surface area (Å²) >= 11 is 6.64. The van der Waals surface area contributed by atoms with Crippen LogP contribution >= 0.6 is 11.6 Å². The van der Waals surface area contributed by atoms with Crippen molar-refractivity contribution in [3.8, 4) is 11.3 Å². The minimum Gasteiger partial charge on any atom is -0.335 e. The van der Waals surface area contributed by atoms with Crippen LogP contribution in [0.2, 0.25) is 5.02 Å². The van der Waals surface area contributed by atoms with E-state index in [4.69, 9.17) is 22.3 Å². The van der Waals surface area contributed by atoms with Crippen LogP contribution in [0.15, 0.2) is 70.5 Å². The molecule has 6 rings (SSSR count). The first-order valence-corrected chi connectivity index (χ1v) is 14.2. The van der Waals surface area contributed by atoms with Gasteiger partial charge in [0.15, 0.2) is 0 Å². The van der Waals surface area contributed by atoms with Gasteiger partial charge in [-0.25, -0.2) is 4.98 Å². The average molecular weight is 557 g/mol. The number of amides is 2. The molecule has 2 fully saturated rings. The third-order valence-electron chi connectivity index (χ3n) is 8.28. The molecule has 3 heterocycles. The molecule has 2 aliphatic heterocycles. The molecule has 2 aromatic carbocycles. The normalized spacial score (nSPS) is 19.3. The van der Waals surface area contributed by atoms with Gasteiger partial charge in [-0.15, -0.1) is 5.11 Å². The zero-order chi connectivity index (χ0) is 28.0. The predicted molar refractivity (Wildman–Crippen MR) is 156 cm³/mol. The van der Waals surface area contributed by atoms with Gasteiger partial charge >= 0.3 is 0 Å². The van der Waals surface area contributed by atoms with Crippen LogP contribution in [-0.2, 0) is 10.2 Å². The summed E-state index contributed by atoms with van der Waals surface area (Å²) in [5, 5.41) is 9.76. The van der Waals surface area contributed by atoms with Crippen molar-refractivity contribution < 1.29 is 9.59 Å². The smallest absolute Gasteiger partial charge is 0.274 e. The zero-order valence-electron chi connectivity index (χ0n) is 22.8. The molecule has 1 atom stereocenters. The molecule has 2 N–H and O–H groups in total. The van der Waals surface area contributed by atoms with E-state index < -0.39 is 0 Å². The van der Waals surface area contributed by atoms with Gasteiger partial charge in [-0.3, -0.25) is 9.59 Å². The van der Waals surface area contributed by atoms with Crippen LogP contribution in [0.3, 0.4) is 0 Å². The van der Waals surface area contributed by atoms with Crippen molar-refractivity contribution in [3.63, 3.8) is 0 Å². The average Bonchev–Trinajstić information content (AvgIpc) is 3.72. The van der Waals surface area contributed by atoms with Crippen LogP contribution in [0.1, 0.15) is 42.6 Å². The first-order chi connectivity index (χ1) is 19.2. The molecule has 1 aromatic heterocycles. The maximum Gasteiger partial charge on any atom is 0.274 e. The molecule has 0 spiro atoms. The number of halogens is 1. The Morgan fingerprint density at radius 3 is 2.30 bits per heavy atom. The van der Waals surface area contributed by atoms with Gasteiger partial charge < -0.3 is 15.5 Å². The van der Waals surface area contributed by atoms with Crippen molar-refractivity contribution in [2.24, 2.45) is 21.9 Å². The molecule has 0 radical (unpaired) electrons. The Hall–Kier alpha value is -3.62. The van der Waals surface area contributed by atoms with Gasteiger partial charge in [-0.05, 0) is 48.6 Å². The van der Waals surface area contributed by atoms with E-state index in [0.29, 0.717) is 60.4 Å². The number of nitrogens with zero attached hydrogens (tertiary/aromatic N) is 5. The molecule has 1 saturated heterocycles. The number of hydrogen-bond donors (Lipinski definition) is 1. The molecule has 1 unspecified atom stereocenters. The molecule has 206 valence electrons. The summed E-state index contributed by atoms with van der Waals surface area (Å²) in [7, 11) is 0. The van der Waals surface area contributed by atoms with Gasteiger partial charge in [0, 0.05) is 54.7 Å². The quantitative estimate of drug-likeness (QED) is 0.450. The van der Waals surface area contributed by atoms with Crippen LogP contribution < -0.4 is 5.73 Å². The van der Waals surface area contributed by atoms with Gasteiger partial charge in [-0.1, -0.05) is 55.8 Å². The monoisotopic (exact) mass is 556 g/mol. The molecular formula is C31H33ClN6O2. The highest BCUT2D eigenvalue weighted by Gasteiger charge is 2.35. The molecule has 3 aromatic rings. The van der Waals surface area contributed by atoms with Gasteiger partial charge in [-0.2, -0.15) is 5.11 Å². The van der Waals surface area contributed by atoms with Gasteiger partial charge in [0.05, 0.1) is 22.3 Å². The van der Waals surface area contributed by atoms with Crippen molar-refractivity contribution in [1.82, 2.24) is 14.8 Å². The molecule has 40 heavy (non-hydrogen) atoms. The lowest BCUT2D eigenvalue weighted by molar-refractivity contribution is -0.128. The standard InChI is InChI=1S/C31H33ClN6O2/c1-31(2,18-33)22-8-5-19(6-9-22)25-16-24(32)23-10-7-21(15-27(23)34-25)29(39)37-11-13-38(14-12-37)30(40)28-17-26(35-36-28)20-3-4-20/h5-10,15-17,20,26H,3-4,11-14,18,33H2,1-2H3. The Labute approximate surface area is 238 Å². The van der Waals surface area contributed by atoms with Crippen molar-refractivity contribution in [1.29, 1.82) is 0 Å². The highest BCUT2D eigenvalue weighted by atomic mass is 35.5. The number of piperazine rings is 1. The number of pyridine rings is 1. The molecule has 1 saturated carbocycles. The molecular weight excluding hydrogens is 524 g/mol. The molecule has 8 nitrogen and oxygen atoms in total. The summed E-state index contributed by atoms with van der Waals surface area (Å²) in [5.41, 5.74) is 10.3. The fourth-order valence-electron chi connectivity index (χ4n) is 5.27. The lowest BCUT2D eigenvalue weighted by Gasteiger charge is -2.34. The van der Waals surface area contributed by atoms with Crippen LogP contribution in [0, 0.1) is 5.92 Å². The molecule has 1 aliphatic carbocycles. The minimum absolute atomic E-state index is 0.0556. The van der Waals surface area contributed by atoms with E-state index in [1.165, 1.54) is 0 Å². The first-order valence-electron chi connectivity index (χ1n) is 13.9. The van der Waals surface area contributed by atoms with Crippen molar-refractivity contribution >= 4 is 34.3 Å². The summed E-state index contributed by atoms with van der Waals surface area (Å²) < 4.78 is 0. The predicted octanol–water partition coefficient (Wildman–Crippen LogP) is 5.20. The highest BCUT2D eigenvalue weighted by molar-refractivity contribution is 6.35. The van der Waals surface area contributed by atoms with E-state index in [0.717, 1.165) is 35.0 Å². The summed E-state index contributed by atoms with van der Waals surface area (Å²) in [6.07, 6.45) is 4.20. The summed E-state index contributed by atoms with van der Waals surface area (Å²) in [6.45, 7) is 6.63. The SMILES string of the molecule is CC(C)(CN)c1ccc(-c2cc(Cl)c3ccc(C(=O)N4CCN(C(=O)C5=CC(C6CC6)N=N5)CC4)cc3n2)cc1. The maximum absolute atomic E-state index is 13.4. The summed E-state index contributed by atoms with van der Waals surface area (Å²) in [6, 6.07) is 15.6. The highest BCUT2D eigenvalue weighted by Crippen LogP contribution is 2.38. The zero-order valence-corrected chi connectivity index (χ0v) is 23.6. The van der Waals surface area contributed by atoms with Crippen LogP contribution in [0.25, 0.3) is 22.2 Å². The Bertz CT molecular complexity index is 1540. The van der Waals surface area contributed by atoms with E-state index in [1.807, 2.05) is 30.3 Å². The fourth-order valence-corrected chi connectivity index (χ4v) is 5.54. The number of carbonyl (C=O) groups excluding carboxylic acids is 2. The first kappa shape index (κ1) is 26.6. The maximum atomic E-state index is 13.4. The second-order valence-corrected chi connectivity index (χ2v) is 12.0. The van der Waals surface area contributed by atoms with E-state index in [-0.39, 0.29) is 23.3 Å². The number of nitrogens with two attached hydrogens (primary N) is 1. The summed E-state index contributed by atoms with van der Waals surface area (Å²) in [5.74, 6) is 0.357. The van der Waals surface area contributed by atoms with E-state index >= 15 is 0 Å². The number of fused-ring (bicyclic) bond motifs is 1. The summed E-state index contributed by atoms with van der Waals surface area (Å²) in [4.78, 5) is 34.7.